The van der Waals surface area contributed by atoms with Crippen LogP contribution in [-0.2, 0) is 17.6 Å². The first-order valence-corrected chi connectivity index (χ1v) is 13.9. The molecule has 3 aromatic rings. The number of amides is 2. The average molecular weight is 537 g/mol. The molecule has 1 saturated heterocycles. The molecule has 2 aliphatic rings. The maximum Gasteiger partial charge on any atom is 0.339 e. The summed E-state index contributed by atoms with van der Waals surface area (Å²) in [5.41, 5.74) is 5.00. The average Bonchev–Trinajstić information content (AvgIpc) is 3.46. The van der Waals surface area contributed by atoms with Gasteiger partial charge in [-0.15, -0.1) is 11.3 Å². The van der Waals surface area contributed by atoms with Crippen molar-refractivity contribution in [1.82, 2.24) is 9.47 Å². The maximum absolute atomic E-state index is 13.0. The minimum atomic E-state index is -0.905. The number of carbonyl (C=O) groups is 3. The lowest BCUT2D eigenvalue weighted by Gasteiger charge is -2.13. The lowest BCUT2D eigenvalue weighted by Crippen LogP contribution is -2.32. The number of hydrogen-bond acceptors (Lipinski definition) is 6. The van der Waals surface area contributed by atoms with Crippen molar-refractivity contribution >= 4 is 46.3 Å². The van der Waals surface area contributed by atoms with Crippen LogP contribution in [0.5, 0.6) is 5.75 Å². The number of thiophene rings is 1. The molecule has 0 radical (unpaired) electrons. The number of ether oxygens (including phenoxy) is 1. The van der Waals surface area contributed by atoms with Crippen LogP contribution in [0.1, 0.15) is 56.2 Å². The second-order valence-electron chi connectivity index (χ2n) is 9.35. The molecule has 1 N–H and O–H groups in total. The highest BCUT2D eigenvalue weighted by Gasteiger charge is 2.35. The summed E-state index contributed by atoms with van der Waals surface area (Å²) in [5, 5.41) is 10.4. The van der Waals surface area contributed by atoms with Crippen LogP contribution in [-0.4, -0.2) is 44.8 Å². The normalized spacial score (nSPS) is 16.5. The SMILES string of the molecule is Cc1ccc(OCCN2C(=O)S/C(=C\c3cc(C)n(-c4sc5c(c4C(=O)O)CCCC5)c3C)C2=O)cc1. The molecule has 1 aliphatic carbocycles. The van der Waals surface area contributed by atoms with Gasteiger partial charge in [0.15, 0.2) is 0 Å². The number of fused-ring (bicyclic) bond motifs is 1. The Labute approximate surface area is 223 Å². The van der Waals surface area contributed by atoms with E-state index in [1.54, 1.807) is 17.4 Å². The van der Waals surface area contributed by atoms with E-state index in [4.69, 9.17) is 4.74 Å². The van der Waals surface area contributed by atoms with Crippen molar-refractivity contribution in [3.05, 3.63) is 73.8 Å². The van der Waals surface area contributed by atoms with Crippen LogP contribution >= 0.6 is 23.1 Å². The van der Waals surface area contributed by atoms with E-state index in [0.717, 1.165) is 75.4 Å². The number of aromatic nitrogens is 1. The van der Waals surface area contributed by atoms with E-state index in [1.165, 1.54) is 4.90 Å². The molecule has 5 rings (SSSR count). The molecular formula is C28H28N2O5S2. The summed E-state index contributed by atoms with van der Waals surface area (Å²) < 4.78 is 7.67. The van der Waals surface area contributed by atoms with Gasteiger partial charge >= 0.3 is 5.97 Å². The standard InChI is InChI=1S/C28H28N2O5S2/c1-16-8-10-20(11-9-16)35-13-12-29-25(31)23(37-28(29)34)15-19-14-17(2)30(18(19)3)26-24(27(32)33)21-6-4-5-7-22(21)36-26/h8-11,14-15H,4-7,12-13H2,1-3H3,(H,32,33)/b23-15-. The van der Waals surface area contributed by atoms with E-state index in [2.05, 4.69) is 0 Å². The lowest BCUT2D eigenvalue weighted by atomic mass is 9.95. The number of imide groups is 1. The number of nitrogens with zero attached hydrogens (tertiary/aromatic N) is 2. The third-order valence-corrected chi connectivity index (χ3v) is 8.99. The maximum atomic E-state index is 13.0. The van der Waals surface area contributed by atoms with Crippen LogP contribution in [0.15, 0.2) is 35.2 Å². The van der Waals surface area contributed by atoms with Gasteiger partial charge in [0.2, 0.25) is 0 Å². The molecule has 0 bridgehead atoms. The van der Waals surface area contributed by atoms with Crippen molar-refractivity contribution in [3.63, 3.8) is 0 Å². The van der Waals surface area contributed by atoms with Crippen LogP contribution in [0.4, 0.5) is 4.79 Å². The monoisotopic (exact) mass is 536 g/mol. The molecule has 0 saturated carbocycles. The largest absolute Gasteiger partial charge is 0.492 e. The molecule has 0 spiro atoms. The molecule has 192 valence electrons. The van der Waals surface area contributed by atoms with Crippen LogP contribution < -0.4 is 4.74 Å². The second-order valence-corrected chi connectivity index (χ2v) is 11.4. The zero-order valence-corrected chi connectivity index (χ0v) is 22.6. The Kier molecular flexibility index (Phi) is 7.00. The number of carbonyl (C=O) groups excluding carboxylic acids is 2. The number of benzene rings is 1. The van der Waals surface area contributed by atoms with Crippen molar-refractivity contribution in [2.45, 2.75) is 46.5 Å². The molecule has 1 aromatic carbocycles. The molecule has 0 atom stereocenters. The van der Waals surface area contributed by atoms with E-state index in [0.29, 0.717) is 16.2 Å². The Morgan fingerprint density at radius 3 is 2.57 bits per heavy atom. The van der Waals surface area contributed by atoms with Gasteiger partial charge in [0.05, 0.1) is 17.0 Å². The van der Waals surface area contributed by atoms with Crippen LogP contribution in [0.2, 0.25) is 0 Å². The molecule has 7 nitrogen and oxygen atoms in total. The Morgan fingerprint density at radius 1 is 1.11 bits per heavy atom. The topological polar surface area (TPSA) is 88.8 Å². The van der Waals surface area contributed by atoms with Crippen molar-refractivity contribution in [2.75, 3.05) is 13.2 Å². The smallest absolute Gasteiger partial charge is 0.339 e. The summed E-state index contributed by atoms with van der Waals surface area (Å²) in [7, 11) is 0. The third-order valence-electron chi connectivity index (χ3n) is 6.80. The van der Waals surface area contributed by atoms with E-state index < -0.39 is 5.97 Å². The summed E-state index contributed by atoms with van der Waals surface area (Å²) in [6.07, 6.45) is 5.52. The van der Waals surface area contributed by atoms with Gasteiger partial charge in [-0.25, -0.2) is 4.79 Å². The van der Waals surface area contributed by atoms with Gasteiger partial charge in [0.1, 0.15) is 17.4 Å². The Hall–Kier alpha value is -3.30. The Bertz CT molecular complexity index is 1430. The third kappa shape index (κ3) is 4.85. The van der Waals surface area contributed by atoms with E-state index in [9.17, 15) is 19.5 Å². The zero-order valence-electron chi connectivity index (χ0n) is 21.0. The molecule has 3 heterocycles. The van der Waals surface area contributed by atoms with Gasteiger partial charge < -0.3 is 14.4 Å². The van der Waals surface area contributed by atoms with Gasteiger partial charge in [-0.3, -0.25) is 14.5 Å². The molecule has 1 fully saturated rings. The first kappa shape index (κ1) is 25.4. The summed E-state index contributed by atoms with van der Waals surface area (Å²) in [4.78, 5) is 40.6. The lowest BCUT2D eigenvalue weighted by molar-refractivity contribution is -0.123. The fourth-order valence-corrected chi connectivity index (χ4v) is 7.25. The summed E-state index contributed by atoms with van der Waals surface area (Å²) in [5.74, 6) is -0.556. The number of aryl methyl sites for hydroxylation is 3. The van der Waals surface area contributed by atoms with Crippen molar-refractivity contribution < 1.29 is 24.2 Å². The number of hydrogen-bond donors (Lipinski definition) is 1. The molecule has 0 unspecified atom stereocenters. The predicted molar refractivity (Wildman–Crippen MR) is 146 cm³/mol. The molecule has 9 heteroatoms. The van der Waals surface area contributed by atoms with E-state index in [-0.39, 0.29) is 24.3 Å². The van der Waals surface area contributed by atoms with Gasteiger partial charge in [-0.1, -0.05) is 17.7 Å². The van der Waals surface area contributed by atoms with Gasteiger partial charge in [0.25, 0.3) is 11.1 Å². The number of rotatable bonds is 7. The fourth-order valence-electron chi connectivity index (χ4n) is 4.90. The van der Waals surface area contributed by atoms with E-state index in [1.807, 2.05) is 55.7 Å². The molecule has 2 aromatic heterocycles. The number of carboxylic acids is 1. The highest BCUT2D eigenvalue weighted by Crippen LogP contribution is 2.39. The fraction of sp³-hybridized carbons (Fsp3) is 0.321. The Balaban J connectivity index is 1.37. The molecule has 37 heavy (non-hydrogen) atoms. The van der Waals surface area contributed by atoms with Crippen molar-refractivity contribution in [2.24, 2.45) is 0 Å². The quantitative estimate of drug-likeness (QED) is 0.364. The first-order valence-electron chi connectivity index (χ1n) is 12.3. The molecular weight excluding hydrogens is 508 g/mol. The number of thioether (sulfide) groups is 1. The van der Waals surface area contributed by atoms with E-state index >= 15 is 0 Å². The number of aromatic carboxylic acids is 1. The van der Waals surface area contributed by atoms with Crippen LogP contribution in [0, 0.1) is 20.8 Å². The summed E-state index contributed by atoms with van der Waals surface area (Å²) >= 11 is 2.47. The van der Waals surface area contributed by atoms with Gasteiger partial charge in [0, 0.05) is 16.3 Å². The highest BCUT2D eigenvalue weighted by molar-refractivity contribution is 8.18. The predicted octanol–water partition coefficient (Wildman–Crippen LogP) is 6.16. The first-order chi connectivity index (χ1) is 17.7. The zero-order chi connectivity index (χ0) is 26.3. The second kappa shape index (κ2) is 10.2. The Morgan fingerprint density at radius 2 is 1.84 bits per heavy atom. The molecule has 2 amide bonds. The van der Waals surface area contributed by atoms with Crippen LogP contribution in [0.3, 0.4) is 0 Å². The molecule has 1 aliphatic heterocycles. The van der Waals surface area contributed by atoms with Crippen LogP contribution in [0.25, 0.3) is 11.1 Å². The highest BCUT2D eigenvalue weighted by atomic mass is 32.2. The number of carboxylic acid groups (broad SMARTS) is 1. The minimum absolute atomic E-state index is 0.164. The summed E-state index contributed by atoms with van der Waals surface area (Å²) in [6, 6.07) is 9.55. The van der Waals surface area contributed by atoms with Crippen molar-refractivity contribution in [3.8, 4) is 10.8 Å². The van der Waals surface area contributed by atoms with Gasteiger partial charge in [-0.2, -0.15) is 0 Å². The van der Waals surface area contributed by atoms with Crippen molar-refractivity contribution in [1.29, 1.82) is 0 Å². The summed E-state index contributed by atoms with van der Waals surface area (Å²) in [6.45, 7) is 6.22. The van der Waals surface area contributed by atoms with Gasteiger partial charge in [-0.05, 0) is 93.6 Å². The minimum Gasteiger partial charge on any atom is -0.492 e.